The lowest BCUT2D eigenvalue weighted by molar-refractivity contribution is -0.384. The zero-order chi connectivity index (χ0) is 22.9. The number of para-hydroxylation sites is 1. The van der Waals surface area contributed by atoms with Gasteiger partial charge in [0.1, 0.15) is 5.75 Å². The van der Waals surface area contributed by atoms with Gasteiger partial charge in [0.05, 0.1) is 17.6 Å². The van der Waals surface area contributed by atoms with Crippen LogP contribution in [0, 0.1) is 10.1 Å². The van der Waals surface area contributed by atoms with Crippen LogP contribution in [0.1, 0.15) is 11.1 Å². The fourth-order valence-electron chi connectivity index (χ4n) is 2.89. The van der Waals surface area contributed by atoms with E-state index in [4.69, 9.17) is 9.47 Å². The molecule has 0 atom stereocenters. The van der Waals surface area contributed by atoms with E-state index in [9.17, 15) is 19.7 Å². The molecule has 0 unspecified atom stereocenters. The molecule has 0 saturated heterocycles. The minimum atomic E-state index is -0.680. The number of anilines is 1. The summed E-state index contributed by atoms with van der Waals surface area (Å²) in [7, 11) is 1.54. The van der Waals surface area contributed by atoms with Crippen LogP contribution in [0.2, 0.25) is 0 Å². The Bertz CT molecular complexity index is 1140. The number of benzene rings is 3. The predicted molar refractivity (Wildman–Crippen MR) is 120 cm³/mol. The Labute approximate surface area is 184 Å². The van der Waals surface area contributed by atoms with Crippen molar-refractivity contribution in [3.8, 4) is 5.75 Å². The van der Waals surface area contributed by atoms with E-state index in [1.165, 1.54) is 31.4 Å². The number of nitro groups is 1. The highest BCUT2D eigenvalue weighted by molar-refractivity contribution is 6.22. The molecule has 0 bridgehead atoms. The number of nitrogens with one attached hydrogen (secondary N) is 1. The summed E-state index contributed by atoms with van der Waals surface area (Å²) in [5.41, 5.74) is 1.83. The number of esters is 1. The number of hydrogen-bond acceptors (Lipinski definition) is 6. The van der Waals surface area contributed by atoms with Gasteiger partial charge in [0.15, 0.2) is 6.61 Å². The Morgan fingerprint density at radius 2 is 1.62 bits per heavy atom. The quantitative estimate of drug-likeness (QED) is 0.187. The fraction of sp³-hybridized carbons (Fsp3) is 0.0833. The van der Waals surface area contributed by atoms with Gasteiger partial charge in [-0.15, -0.1) is 0 Å². The van der Waals surface area contributed by atoms with Crippen LogP contribution in [0.15, 0.2) is 78.9 Å². The van der Waals surface area contributed by atoms with Gasteiger partial charge in [0.25, 0.3) is 11.6 Å². The molecule has 1 N–H and O–H groups in total. The second-order valence-electron chi connectivity index (χ2n) is 6.59. The van der Waals surface area contributed by atoms with Crippen LogP contribution >= 0.6 is 0 Å². The van der Waals surface area contributed by atoms with E-state index in [1.54, 1.807) is 42.5 Å². The van der Waals surface area contributed by atoms with Crippen molar-refractivity contribution < 1.29 is 24.0 Å². The minimum absolute atomic E-state index is 0.0941. The Morgan fingerprint density at radius 1 is 0.969 bits per heavy atom. The van der Waals surface area contributed by atoms with Crippen LogP contribution < -0.4 is 10.1 Å². The first-order valence-electron chi connectivity index (χ1n) is 9.59. The summed E-state index contributed by atoms with van der Waals surface area (Å²) < 4.78 is 10.6. The summed E-state index contributed by atoms with van der Waals surface area (Å²) in [5, 5.41) is 13.2. The monoisotopic (exact) mass is 432 g/mol. The van der Waals surface area contributed by atoms with Crippen molar-refractivity contribution in [2.45, 2.75) is 0 Å². The maximum Gasteiger partial charge on any atom is 0.339 e. The van der Waals surface area contributed by atoms with Gasteiger partial charge in [0.2, 0.25) is 0 Å². The van der Waals surface area contributed by atoms with Crippen molar-refractivity contribution >= 4 is 34.9 Å². The third kappa shape index (κ3) is 5.79. The number of ether oxygens (including phenoxy) is 2. The average Bonchev–Trinajstić information content (AvgIpc) is 2.82. The Morgan fingerprint density at radius 3 is 2.28 bits per heavy atom. The Balaban J connectivity index is 1.73. The van der Waals surface area contributed by atoms with E-state index in [1.807, 2.05) is 18.2 Å². The summed E-state index contributed by atoms with van der Waals surface area (Å²) in [4.78, 5) is 35.2. The largest absolute Gasteiger partial charge is 0.496 e. The lowest BCUT2D eigenvalue weighted by Crippen LogP contribution is -2.21. The second-order valence-corrected chi connectivity index (χ2v) is 6.59. The average molecular weight is 432 g/mol. The highest BCUT2D eigenvalue weighted by atomic mass is 16.6. The van der Waals surface area contributed by atoms with E-state index in [0.717, 1.165) is 0 Å². The van der Waals surface area contributed by atoms with Gasteiger partial charge in [-0.05, 0) is 29.8 Å². The molecule has 1 amide bonds. The molecule has 0 spiro atoms. The lowest BCUT2D eigenvalue weighted by Gasteiger charge is -2.11. The lowest BCUT2D eigenvalue weighted by atomic mass is 10.0. The molecular weight excluding hydrogens is 412 g/mol. The number of amides is 1. The van der Waals surface area contributed by atoms with Crippen molar-refractivity contribution in [2.24, 2.45) is 0 Å². The first-order chi connectivity index (χ1) is 15.5. The van der Waals surface area contributed by atoms with Crippen molar-refractivity contribution in [1.82, 2.24) is 0 Å². The van der Waals surface area contributed by atoms with Gasteiger partial charge in [-0.1, -0.05) is 48.5 Å². The van der Waals surface area contributed by atoms with E-state index in [-0.39, 0.29) is 11.3 Å². The molecule has 0 fully saturated rings. The maximum atomic E-state index is 12.8. The molecular formula is C24H20N2O6. The second kappa shape index (κ2) is 10.5. The van der Waals surface area contributed by atoms with Crippen molar-refractivity contribution in [3.05, 3.63) is 100 Å². The first kappa shape index (κ1) is 22.2. The molecule has 0 radical (unpaired) electrons. The van der Waals surface area contributed by atoms with Crippen molar-refractivity contribution in [1.29, 1.82) is 0 Å². The topological polar surface area (TPSA) is 108 Å². The maximum absolute atomic E-state index is 12.8. The molecule has 3 aromatic carbocycles. The Kier molecular flexibility index (Phi) is 7.32. The molecule has 8 heteroatoms. The van der Waals surface area contributed by atoms with E-state index < -0.39 is 23.4 Å². The highest BCUT2D eigenvalue weighted by Gasteiger charge is 2.17. The molecule has 162 valence electrons. The summed E-state index contributed by atoms with van der Waals surface area (Å²) in [6.45, 7) is -0.522. The van der Waals surface area contributed by atoms with Gasteiger partial charge in [-0.2, -0.15) is 0 Å². The van der Waals surface area contributed by atoms with E-state index >= 15 is 0 Å². The molecule has 3 rings (SSSR count). The zero-order valence-corrected chi connectivity index (χ0v) is 17.2. The molecule has 0 aliphatic heterocycles. The smallest absolute Gasteiger partial charge is 0.339 e. The third-order valence-corrected chi connectivity index (χ3v) is 4.44. The minimum Gasteiger partial charge on any atom is -0.496 e. The summed E-state index contributed by atoms with van der Waals surface area (Å²) >= 11 is 0. The molecule has 0 aromatic heterocycles. The summed E-state index contributed by atoms with van der Waals surface area (Å²) in [5.74, 6) is -0.664. The molecule has 32 heavy (non-hydrogen) atoms. The standard InChI is InChI=1S/C24H20N2O6/c1-31-22-10-6-5-9-18(22)15-21(17-7-3-2-4-8-17)24(28)32-16-23(27)25-19-11-13-20(14-12-19)26(29)30/h2-15H,16H2,1H3,(H,25,27)/b21-15+. The van der Waals surface area contributed by atoms with Crippen LogP contribution in [0.3, 0.4) is 0 Å². The SMILES string of the molecule is COc1ccccc1/C=C(/C(=O)OCC(=O)Nc1ccc([N+](=O)[O-])cc1)c1ccccc1. The van der Waals surface area contributed by atoms with Gasteiger partial charge in [0, 0.05) is 23.4 Å². The number of rotatable bonds is 8. The highest BCUT2D eigenvalue weighted by Crippen LogP contribution is 2.25. The zero-order valence-electron chi connectivity index (χ0n) is 17.2. The van der Waals surface area contributed by atoms with Gasteiger partial charge < -0.3 is 14.8 Å². The van der Waals surface area contributed by atoms with Gasteiger partial charge >= 0.3 is 5.97 Å². The summed E-state index contributed by atoms with van der Waals surface area (Å²) in [6, 6.07) is 21.5. The van der Waals surface area contributed by atoms with Crippen LogP contribution in [-0.4, -0.2) is 30.5 Å². The van der Waals surface area contributed by atoms with Crippen LogP contribution in [0.5, 0.6) is 5.75 Å². The summed E-state index contributed by atoms with van der Waals surface area (Å²) in [6.07, 6.45) is 1.64. The van der Waals surface area contributed by atoms with Crippen LogP contribution in [0.25, 0.3) is 11.6 Å². The first-order valence-corrected chi connectivity index (χ1v) is 9.59. The molecule has 0 aliphatic rings. The molecule has 0 aliphatic carbocycles. The molecule has 8 nitrogen and oxygen atoms in total. The molecule has 0 heterocycles. The Hall–Kier alpha value is -4.46. The van der Waals surface area contributed by atoms with E-state index in [0.29, 0.717) is 22.6 Å². The normalized spacial score (nSPS) is 10.8. The predicted octanol–water partition coefficient (Wildman–Crippen LogP) is 4.33. The number of carbonyl (C=O) groups excluding carboxylic acids is 2. The van der Waals surface area contributed by atoms with Gasteiger partial charge in [-0.25, -0.2) is 4.79 Å². The van der Waals surface area contributed by atoms with Crippen molar-refractivity contribution in [2.75, 3.05) is 19.0 Å². The number of hydrogen-bond donors (Lipinski definition) is 1. The molecule has 3 aromatic rings. The van der Waals surface area contributed by atoms with Crippen LogP contribution in [0.4, 0.5) is 11.4 Å². The third-order valence-electron chi connectivity index (χ3n) is 4.44. The number of nitrogens with zero attached hydrogens (tertiary/aromatic N) is 1. The number of carbonyl (C=O) groups is 2. The van der Waals surface area contributed by atoms with Crippen LogP contribution in [-0.2, 0) is 14.3 Å². The van der Waals surface area contributed by atoms with E-state index in [2.05, 4.69) is 5.32 Å². The number of methoxy groups -OCH3 is 1. The number of non-ortho nitro benzene ring substituents is 1. The number of nitro benzene ring substituents is 1. The van der Waals surface area contributed by atoms with Gasteiger partial charge in [-0.3, -0.25) is 14.9 Å². The van der Waals surface area contributed by atoms with Crippen molar-refractivity contribution in [3.63, 3.8) is 0 Å². The fourth-order valence-corrected chi connectivity index (χ4v) is 2.89. The molecule has 0 saturated carbocycles.